The fourth-order valence-corrected chi connectivity index (χ4v) is 1.31. The SMILES string of the molecule is CCC1=COc2ccccc2C(=O)N1. The van der Waals surface area contributed by atoms with Crippen LogP contribution in [0.2, 0.25) is 0 Å². The van der Waals surface area contributed by atoms with E-state index in [0.717, 1.165) is 12.1 Å². The molecule has 0 aliphatic carbocycles. The van der Waals surface area contributed by atoms with E-state index in [1.54, 1.807) is 18.4 Å². The Labute approximate surface area is 82.4 Å². The summed E-state index contributed by atoms with van der Waals surface area (Å²) in [6.07, 6.45) is 2.34. The van der Waals surface area contributed by atoms with E-state index in [1.807, 2.05) is 19.1 Å². The summed E-state index contributed by atoms with van der Waals surface area (Å²) in [4.78, 5) is 11.6. The molecule has 1 aromatic rings. The van der Waals surface area contributed by atoms with E-state index in [9.17, 15) is 4.79 Å². The van der Waals surface area contributed by atoms with E-state index in [0.29, 0.717) is 11.3 Å². The summed E-state index contributed by atoms with van der Waals surface area (Å²) in [5.41, 5.74) is 1.37. The van der Waals surface area contributed by atoms with Gasteiger partial charge < -0.3 is 10.1 Å². The Morgan fingerprint density at radius 2 is 2.14 bits per heavy atom. The summed E-state index contributed by atoms with van der Waals surface area (Å²) in [7, 11) is 0. The first-order valence-corrected chi connectivity index (χ1v) is 4.57. The molecule has 1 aliphatic heterocycles. The van der Waals surface area contributed by atoms with Crippen LogP contribution in [0.25, 0.3) is 0 Å². The first-order valence-electron chi connectivity index (χ1n) is 4.57. The number of hydrogen-bond acceptors (Lipinski definition) is 2. The summed E-state index contributed by atoms with van der Waals surface area (Å²) in [6.45, 7) is 1.96. The van der Waals surface area contributed by atoms with Crippen molar-refractivity contribution >= 4 is 5.91 Å². The number of nitrogens with one attached hydrogen (secondary N) is 1. The molecule has 72 valence electrons. The summed E-state index contributed by atoms with van der Waals surface area (Å²) in [5.74, 6) is 0.500. The summed E-state index contributed by atoms with van der Waals surface area (Å²) >= 11 is 0. The van der Waals surface area contributed by atoms with Gasteiger partial charge in [0.2, 0.25) is 0 Å². The van der Waals surface area contributed by atoms with Crippen LogP contribution in [0.15, 0.2) is 36.2 Å². The topological polar surface area (TPSA) is 38.3 Å². The Balaban J connectivity index is 2.40. The van der Waals surface area contributed by atoms with Crippen LogP contribution in [0, 0.1) is 0 Å². The Bertz CT molecular complexity index is 396. The zero-order chi connectivity index (χ0) is 9.97. The van der Waals surface area contributed by atoms with E-state index < -0.39 is 0 Å². The van der Waals surface area contributed by atoms with Crippen molar-refractivity contribution in [2.75, 3.05) is 0 Å². The number of carbonyl (C=O) groups is 1. The monoisotopic (exact) mass is 189 g/mol. The predicted molar refractivity (Wildman–Crippen MR) is 52.9 cm³/mol. The van der Waals surface area contributed by atoms with Gasteiger partial charge in [-0.05, 0) is 18.6 Å². The molecule has 0 saturated heterocycles. The molecule has 1 aliphatic rings. The molecule has 0 spiro atoms. The van der Waals surface area contributed by atoms with Gasteiger partial charge in [0.15, 0.2) is 0 Å². The van der Waals surface area contributed by atoms with Crippen LogP contribution in [-0.2, 0) is 0 Å². The Morgan fingerprint density at radius 3 is 2.93 bits per heavy atom. The highest BCUT2D eigenvalue weighted by Crippen LogP contribution is 2.21. The van der Waals surface area contributed by atoms with Crippen molar-refractivity contribution in [1.82, 2.24) is 5.32 Å². The second-order valence-electron chi connectivity index (χ2n) is 3.06. The number of benzene rings is 1. The maximum Gasteiger partial charge on any atom is 0.259 e. The van der Waals surface area contributed by atoms with Gasteiger partial charge in [0.25, 0.3) is 5.91 Å². The molecule has 0 atom stereocenters. The van der Waals surface area contributed by atoms with Crippen molar-refractivity contribution in [2.45, 2.75) is 13.3 Å². The smallest absolute Gasteiger partial charge is 0.259 e. The molecule has 3 heteroatoms. The van der Waals surface area contributed by atoms with Gasteiger partial charge in [-0.25, -0.2) is 0 Å². The third-order valence-electron chi connectivity index (χ3n) is 2.11. The van der Waals surface area contributed by atoms with E-state index >= 15 is 0 Å². The Hall–Kier alpha value is -1.77. The maximum atomic E-state index is 11.6. The van der Waals surface area contributed by atoms with Crippen molar-refractivity contribution in [3.05, 3.63) is 41.8 Å². The standard InChI is InChI=1S/C11H11NO2/c1-2-8-7-14-10-6-4-3-5-9(10)11(13)12-8/h3-7H,2H2,1H3,(H,12,13). The summed E-state index contributed by atoms with van der Waals surface area (Å²) in [5, 5.41) is 2.78. The zero-order valence-corrected chi connectivity index (χ0v) is 7.91. The molecule has 1 heterocycles. The predicted octanol–water partition coefficient (Wildman–Crippen LogP) is 2.06. The van der Waals surface area contributed by atoms with Gasteiger partial charge in [-0.3, -0.25) is 4.79 Å². The lowest BCUT2D eigenvalue weighted by molar-refractivity contribution is 0.0965. The molecule has 2 rings (SSSR count). The van der Waals surface area contributed by atoms with Gasteiger partial charge in [0.05, 0.1) is 11.3 Å². The van der Waals surface area contributed by atoms with Gasteiger partial charge in [-0.1, -0.05) is 19.1 Å². The van der Waals surface area contributed by atoms with Gasteiger partial charge in [0.1, 0.15) is 12.0 Å². The lowest BCUT2D eigenvalue weighted by Crippen LogP contribution is -2.20. The van der Waals surface area contributed by atoms with Crippen molar-refractivity contribution in [1.29, 1.82) is 0 Å². The Kier molecular flexibility index (Phi) is 2.23. The largest absolute Gasteiger partial charge is 0.462 e. The average Bonchev–Trinajstić information content (AvgIpc) is 2.39. The number of fused-ring (bicyclic) bond motifs is 1. The van der Waals surface area contributed by atoms with Crippen LogP contribution in [-0.4, -0.2) is 5.91 Å². The van der Waals surface area contributed by atoms with Crippen LogP contribution in [0.4, 0.5) is 0 Å². The lowest BCUT2D eigenvalue weighted by Gasteiger charge is -2.02. The third kappa shape index (κ3) is 1.48. The van der Waals surface area contributed by atoms with Crippen LogP contribution in [0.3, 0.4) is 0 Å². The molecule has 0 radical (unpaired) electrons. The molecule has 1 N–H and O–H groups in total. The first kappa shape index (κ1) is 8.81. The van der Waals surface area contributed by atoms with Crippen molar-refractivity contribution in [3.63, 3.8) is 0 Å². The lowest BCUT2D eigenvalue weighted by atomic mass is 10.2. The van der Waals surface area contributed by atoms with Crippen molar-refractivity contribution in [3.8, 4) is 5.75 Å². The quantitative estimate of drug-likeness (QED) is 0.734. The minimum absolute atomic E-state index is 0.105. The van der Waals surface area contributed by atoms with E-state index in [-0.39, 0.29) is 5.91 Å². The molecular weight excluding hydrogens is 178 g/mol. The first-order chi connectivity index (χ1) is 6.81. The molecule has 1 amide bonds. The molecular formula is C11H11NO2. The van der Waals surface area contributed by atoms with E-state index in [4.69, 9.17) is 4.74 Å². The molecule has 3 nitrogen and oxygen atoms in total. The zero-order valence-electron chi connectivity index (χ0n) is 7.91. The van der Waals surface area contributed by atoms with Gasteiger partial charge in [-0.15, -0.1) is 0 Å². The number of amides is 1. The number of hydrogen-bond donors (Lipinski definition) is 1. The van der Waals surface area contributed by atoms with E-state index in [2.05, 4.69) is 5.32 Å². The summed E-state index contributed by atoms with van der Waals surface area (Å²) < 4.78 is 5.38. The summed E-state index contributed by atoms with van der Waals surface area (Å²) in [6, 6.07) is 7.19. The molecule has 0 bridgehead atoms. The molecule has 0 unspecified atom stereocenters. The second-order valence-corrected chi connectivity index (χ2v) is 3.06. The highest BCUT2D eigenvalue weighted by atomic mass is 16.5. The average molecular weight is 189 g/mol. The maximum absolute atomic E-state index is 11.6. The van der Waals surface area contributed by atoms with Crippen molar-refractivity contribution < 1.29 is 9.53 Å². The highest BCUT2D eigenvalue weighted by molar-refractivity contribution is 5.98. The van der Waals surface area contributed by atoms with E-state index in [1.165, 1.54) is 0 Å². The normalized spacial score (nSPS) is 14.6. The molecule has 14 heavy (non-hydrogen) atoms. The van der Waals surface area contributed by atoms with Crippen LogP contribution in [0.5, 0.6) is 5.75 Å². The fourth-order valence-electron chi connectivity index (χ4n) is 1.31. The minimum Gasteiger partial charge on any atom is -0.462 e. The molecule has 0 saturated carbocycles. The number of para-hydroxylation sites is 1. The second kappa shape index (κ2) is 3.54. The van der Waals surface area contributed by atoms with Gasteiger partial charge >= 0.3 is 0 Å². The Morgan fingerprint density at radius 1 is 1.36 bits per heavy atom. The fraction of sp³-hybridized carbons (Fsp3) is 0.182. The van der Waals surface area contributed by atoms with Gasteiger partial charge in [-0.2, -0.15) is 0 Å². The number of allylic oxidation sites excluding steroid dienone is 1. The van der Waals surface area contributed by atoms with Crippen molar-refractivity contribution in [2.24, 2.45) is 0 Å². The minimum atomic E-state index is -0.105. The number of carbonyl (C=O) groups excluding carboxylic acids is 1. The van der Waals surface area contributed by atoms with Gasteiger partial charge in [0, 0.05) is 0 Å². The molecule has 1 aromatic carbocycles. The van der Waals surface area contributed by atoms with Crippen LogP contribution in [0.1, 0.15) is 23.7 Å². The van der Waals surface area contributed by atoms with Crippen LogP contribution >= 0.6 is 0 Å². The third-order valence-corrected chi connectivity index (χ3v) is 2.11. The molecule has 0 aromatic heterocycles. The molecule has 0 fully saturated rings. The van der Waals surface area contributed by atoms with Crippen LogP contribution < -0.4 is 10.1 Å². The number of rotatable bonds is 1. The highest BCUT2D eigenvalue weighted by Gasteiger charge is 2.15. The number of ether oxygens (including phenoxy) is 1.